The molecule has 0 unspecified atom stereocenters. The molecule has 16 heavy (non-hydrogen) atoms. The summed E-state index contributed by atoms with van der Waals surface area (Å²) in [6, 6.07) is 5.49. The SMILES string of the molecule is CCC(CC)COc1ccc(Br)cc1C=O. The van der Waals surface area contributed by atoms with Gasteiger partial charge in [-0.15, -0.1) is 0 Å². The highest BCUT2D eigenvalue weighted by Crippen LogP contribution is 2.22. The molecule has 0 saturated carbocycles. The van der Waals surface area contributed by atoms with Crippen molar-refractivity contribution in [1.29, 1.82) is 0 Å². The highest BCUT2D eigenvalue weighted by molar-refractivity contribution is 9.10. The quantitative estimate of drug-likeness (QED) is 0.736. The van der Waals surface area contributed by atoms with Crippen molar-refractivity contribution in [3.8, 4) is 5.75 Å². The van der Waals surface area contributed by atoms with E-state index in [9.17, 15) is 4.79 Å². The Bertz CT molecular complexity index is 346. The molecule has 0 amide bonds. The molecular weight excluding hydrogens is 268 g/mol. The Morgan fingerprint density at radius 2 is 2.06 bits per heavy atom. The highest BCUT2D eigenvalue weighted by Gasteiger charge is 2.07. The van der Waals surface area contributed by atoms with E-state index in [0.29, 0.717) is 23.8 Å². The zero-order valence-electron chi connectivity index (χ0n) is 9.70. The van der Waals surface area contributed by atoms with Crippen LogP contribution in [0.25, 0.3) is 0 Å². The van der Waals surface area contributed by atoms with Gasteiger partial charge in [0.05, 0.1) is 12.2 Å². The minimum absolute atomic E-state index is 0.558. The largest absolute Gasteiger partial charge is 0.493 e. The van der Waals surface area contributed by atoms with Crippen LogP contribution in [0, 0.1) is 5.92 Å². The summed E-state index contributed by atoms with van der Waals surface area (Å²) in [5.41, 5.74) is 0.598. The minimum Gasteiger partial charge on any atom is -0.493 e. The van der Waals surface area contributed by atoms with Gasteiger partial charge in [-0.2, -0.15) is 0 Å². The van der Waals surface area contributed by atoms with Gasteiger partial charge in [0.25, 0.3) is 0 Å². The van der Waals surface area contributed by atoms with Gasteiger partial charge in [-0.1, -0.05) is 42.6 Å². The molecule has 2 nitrogen and oxygen atoms in total. The van der Waals surface area contributed by atoms with Crippen LogP contribution in [0.15, 0.2) is 22.7 Å². The lowest BCUT2D eigenvalue weighted by atomic mass is 10.1. The molecule has 0 aliphatic heterocycles. The average Bonchev–Trinajstić information content (AvgIpc) is 2.31. The third kappa shape index (κ3) is 3.63. The number of ether oxygens (including phenoxy) is 1. The molecule has 0 bridgehead atoms. The first kappa shape index (κ1) is 13.2. The van der Waals surface area contributed by atoms with E-state index in [2.05, 4.69) is 29.8 Å². The third-order valence-electron chi connectivity index (χ3n) is 2.73. The Hall–Kier alpha value is -0.830. The van der Waals surface area contributed by atoms with E-state index in [-0.39, 0.29) is 0 Å². The number of aldehydes is 1. The molecular formula is C13H17BrO2. The van der Waals surface area contributed by atoms with Gasteiger partial charge in [-0.05, 0) is 24.1 Å². The number of benzene rings is 1. The second-order valence-corrected chi connectivity index (χ2v) is 4.71. The molecule has 0 aliphatic carbocycles. The third-order valence-corrected chi connectivity index (χ3v) is 3.22. The molecule has 0 saturated heterocycles. The van der Waals surface area contributed by atoms with Crippen molar-refractivity contribution < 1.29 is 9.53 Å². The Morgan fingerprint density at radius 3 is 2.62 bits per heavy atom. The summed E-state index contributed by atoms with van der Waals surface area (Å²) in [7, 11) is 0. The number of halogens is 1. The summed E-state index contributed by atoms with van der Waals surface area (Å²) in [4.78, 5) is 10.9. The predicted octanol–water partition coefficient (Wildman–Crippen LogP) is 4.08. The van der Waals surface area contributed by atoms with E-state index in [4.69, 9.17) is 4.74 Å². The van der Waals surface area contributed by atoms with E-state index in [1.165, 1.54) is 0 Å². The van der Waals surface area contributed by atoms with Gasteiger partial charge in [0, 0.05) is 4.47 Å². The molecule has 1 aromatic rings. The van der Waals surface area contributed by atoms with Gasteiger partial charge in [0.1, 0.15) is 5.75 Å². The molecule has 0 atom stereocenters. The van der Waals surface area contributed by atoms with Crippen molar-refractivity contribution in [1.82, 2.24) is 0 Å². The monoisotopic (exact) mass is 284 g/mol. The van der Waals surface area contributed by atoms with Crippen molar-refractivity contribution in [3.05, 3.63) is 28.2 Å². The lowest BCUT2D eigenvalue weighted by molar-refractivity contribution is 0.111. The molecule has 0 aromatic heterocycles. The van der Waals surface area contributed by atoms with Gasteiger partial charge < -0.3 is 4.74 Å². The lowest BCUT2D eigenvalue weighted by Crippen LogP contribution is -2.10. The summed E-state index contributed by atoms with van der Waals surface area (Å²) in [6.45, 7) is 4.98. The molecule has 3 heteroatoms. The first-order valence-electron chi connectivity index (χ1n) is 5.58. The van der Waals surface area contributed by atoms with Crippen LogP contribution < -0.4 is 4.74 Å². The number of rotatable bonds is 6. The van der Waals surface area contributed by atoms with Crippen LogP contribution in [-0.4, -0.2) is 12.9 Å². The summed E-state index contributed by atoms with van der Waals surface area (Å²) in [5, 5.41) is 0. The molecule has 1 aromatic carbocycles. The Labute approximate surface area is 105 Å². The topological polar surface area (TPSA) is 26.3 Å². The van der Waals surface area contributed by atoms with E-state index in [1.54, 1.807) is 6.07 Å². The molecule has 88 valence electrons. The first-order chi connectivity index (χ1) is 7.71. The normalized spacial score (nSPS) is 10.5. The van der Waals surface area contributed by atoms with Crippen molar-refractivity contribution in [2.45, 2.75) is 26.7 Å². The van der Waals surface area contributed by atoms with Crippen LogP contribution in [0.1, 0.15) is 37.0 Å². The number of hydrogen-bond acceptors (Lipinski definition) is 2. The molecule has 0 radical (unpaired) electrons. The van der Waals surface area contributed by atoms with Gasteiger partial charge in [-0.25, -0.2) is 0 Å². The summed E-state index contributed by atoms with van der Waals surface area (Å²) in [6.07, 6.45) is 3.03. The first-order valence-corrected chi connectivity index (χ1v) is 6.38. The molecule has 0 aliphatic rings. The zero-order chi connectivity index (χ0) is 12.0. The molecule has 0 N–H and O–H groups in total. The lowest BCUT2D eigenvalue weighted by Gasteiger charge is -2.14. The van der Waals surface area contributed by atoms with Crippen LogP contribution in [-0.2, 0) is 0 Å². The Kier molecular flexibility index (Phi) is 5.53. The minimum atomic E-state index is 0.558. The maximum atomic E-state index is 10.9. The van der Waals surface area contributed by atoms with Crippen molar-refractivity contribution >= 4 is 22.2 Å². The van der Waals surface area contributed by atoms with Gasteiger partial charge in [-0.3, -0.25) is 4.79 Å². The maximum Gasteiger partial charge on any atom is 0.153 e. The van der Waals surface area contributed by atoms with Crippen LogP contribution in [0.2, 0.25) is 0 Å². The summed E-state index contributed by atoms with van der Waals surface area (Å²) < 4.78 is 6.57. The van der Waals surface area contributed by atoms with E-state index in [1.807, 2.05) is 12.1 Å². The fourth-order valence-electron chi connectivity index (χ4n) is 1.47. The molecule has 0 spiro atoms. The number of hydrogen-bond donors (Lipinski definition) is 0. The standard InChI is InChI=1S/C13H17BrO2/c1-3-10(4-2)9-16-13-6-5-12(14)7-11(13)8-15/h5-8,10H,3-4,9H2,1-2H3. The van der Waals surface area contributed by atoms with Crippen LogP contribution in [0.5, 0.6) is 5.75 Å². The predicted molar refractivity (Wildman–Crippen MR) is 69.1 cm³/mol. The van der Waals surface area contributed by atoms with Crippen LogP contribution in [0.3, 0.4) is 0 Å². The molecule has 0 heterocycles. The fourth-order valence-corrected chi connectivity index (χ4v) is 1.85. The Morgan fingerprint density at radius 1 is 1.38 bits per heavy atom. The maximum absolute atomic E-state index is 10.9. The highest BCUT2D eigenvalue weighted by atomic mass is 79.9. The van der Waals surface area contributed by atoms with E-state index >= 15 is 0 Å². The zero-order valence-corrected chi connectivity index (χ0v) is 11.3. The smallest absolute Gasteiger partial charge is 0.153 e. The van der Waals surface area contributed by atoms with Crippen molar-refractivity contribution in [2.24, 2.45) is 5.92 Å². The molecule has 0 fully saturated rings. The second-order valence-electron chi connectivity index (χ2n) is 3.79. The van der Waals surface area contributed by atoms with Crippen LogP contribution >= 0.6 is 15.9 Å². The summed E-state index contributed by atoms with van der Waals surface area (Å²) in [5.74, 6) is 1.23. The number of carbonyl (C=O) groups excluding carboxylic acids is 1. The van der Waals surface area contributed by atoms with E-state index < -0.39 is 0 Å². The van der Waals surface area contributed by atoms with Gasteiger partial charge >= 0.3 is 0 Å². The van der Waals surface area contributed by atoms with Gasteiger partial charge in [0.2, 0.25) is 0 Å². The Balaban J connectivity index is 2.69. The van der Waals surface area contributed by atoms with E-state index in [0.717, 1.165) is 23.6 Å². The van der Waals surface area contributed by atoms with Gasteiger partial charge in [0.15, 0.2) is 6.29 Å². The second kappa shape index (κ2) is 6.69. The van der Waals surface area contributed by atoms with Crippen molar-refractivity contribution in [3.63, 3.8) is 0 Å². The number of carbonyl (C=O) groups is 1. The summed E-state index contributed by atoms with van der Waals surface area (Å²) >= 11 is 3.33. The molecule has 1 rings (SSSR count). The average molecular weight is 285 g/mol. The fraction of sp³-hybridized carbons (Fsp3) is 0.462. The van der Waals surface area contributed by atoms with Crippen LogP contribution in [0.4, 0.5) is 0 Å². The van der Waals surface area contributed by atoms with Crippen molar-refractivity contribution in [2.75, 3.05) is 6.61 Å².